The predicted molar refractivity (Wildman–Crippen MR) is 208 cm³/mol. The summed E-state index contributed by atoms with van der Waals surface area (Å²) in [7, 11) is 0. The van der Waals surface area contributed by atoms with Crippen LogP contribution in [0.25, 0.3) is 21.8 Å². The average Bonchev–Trinajstić information content (AvgIpc) is 4.12. The Kier molecular flexibility index (Phi) is 8.22. The number of anilines is 6. The highest BCUT2D eigenvalue weighted by Crippen LogP contribution is 2.44. The number of benzene rings is 6. The van der Waals surface area contributed by atoms with Crippen molar-refractivity contribution in [1.29, 1.82) is 5.26 Å². The van der Waals surface area contributed by atoms with Gasteiger partial charge in [-0.15, -0.1) is 0 Å². The quantitative estimate of drug-likeness (QED) is 0.137. The highest BCUT2D eigenvalue weighted by molar-refractivity contribution is 6.11. The monoisotopic (exact) mass is 698 g/mol. The largest absolute Gasteiger partial charge is 0.389 e. The summed E-state index contributed by atoms with van der Waals surface area (Å²) >= 11 is 0. The second-order valence-electron chi connectivity index (χ2n) is 13.9. The summed E-state index contributed by atoms with van der Waals surface area (Å²) in [6.45, 7) is 4.97. The normalized spacial score (nSPS) is 17.3. The number of rotatable bonds is 10. The van der Waals surface area contributed by atoms with Gasteiger partial charge in [-0.3, -0.25) is 0 Å². The Morgan fingerprint density at radius 1 is 0.566 bits per heavy atom. The smallest absolute Gasteiger partial charge is 0.189 e. The third-order valence-electron chi connectivity index (χ3n) is 10.2. The number of aliphatic hydroxyl groups is 2. The lowest BCUT2D eigenvalue weighted by atomic mass is 10.0. The molecule has 3 heterocycles. The van der Waals surface area contributed by atoms with E-state index in [2.05, 4.69) is 76.7 Å². The van der Waals surface area contributed by atoms with Gasteiger partial charge < -0.3 is 29.5 Å². The van der Waals surface area contributed by atoms with E-state index in [9.17, 15) is 15.5 Å². The summed E-state index contributed by atoms with van der Waals surface area (Å²) in [5.41, 5.74) is 11.0. The van der Waals surface area contributed by atoms with Gasteiger partial charge in [-0.05, 0) is 121 Å². The molecule has 4 atom stereocenters. The number of nitriles is 1. The first-order valence-corrected chi connectivity index (χ1v) is 17.9. The highest BCUT2D eigenvalue weighted by atomic mass is 16.6. The van der Waals surface area contributed by atoms with Gasteiger partial charge in [0, 0.05) is 44.9 Å². The summed E-state index contributed by atoms with van der Waals surface area (Å²) in [6.07, 6.45) is 1.35. The first kappa shape index (κ1) is 32.9. The van der Waals surface area contributed by atoms with E-state index in [4.69, 9.17) is 9.47 Å². The van der Waals surface area contributed by atoms with E-state index < -0.39 is 12.2 Å². The number of hydrogen-bond acceptors (Lipinski definition) is 7. The first-order chi connectivity index (χ1) is 25.9. The Morgan fingerprint density at radius 3 is 1.32 bits per heavy atom. The van der Waals surface area contributed by atoms with E-state index in [1.54, 1.807) is 18.4 Å². The van der Waals surface area contributed by atoms with Crippen molar-refractivity contribution in [2.45, 2.75) is 38.3 Å². The van der Waals surface area contributed by atoms with Gasteiger partial charge in [0.2, 0.25) is 0 Å². The third-order valence-corrected chi connectivity index (χ3v) is 10.2. The highest BCUT2D eigenvalue weighted by Gasteiger charge is 2.27. The number of aliphatic hydroxyl groups excluding tert-OH is 2. The maximum Gasteiger partial charge on any atom is 0.189 e. The van der Waals surface area contributed by atoms with Crippen LogP contribution in [0.1, 0.15) is 60.5 Å². The number of ether oxygens (including phenoxy) is 2. The molecule has 4 unspecified atom stereocenters. The second kappa shape index (κ2) is 13.2. The van der Waals surface area contributed by atoms with Gasteiger partial charge >= 0.3 is 0 Å². The molecule has 7 aromatic rings. The zero-order valence-corrected chi connectivity index (χ0v) is 29.4. The molecule has 0 aliphatic carbocycles. The topological polar surface area (TPSA) is 101 Å². The lowest BCUT2D eigenvalue weighted by Crippen LogP contribution is -2.11. The zero-order valence-electron chi connectivity index (χ0n) is 29.4. The average molecular weight is 699 g/mol. The van der Waals surface area contributed by atoms with Crippen LogP contribution in [0.3, 0.4) is 0 Å². The van der Waals surface area contributed by atoms with E-state index in [0.717, 1.165) is 78.2 Å². The number of aromatic nitrogens is 1. The van der Waals surface area contributed by atoms with Crippen molar-refractivity contribution in [2.24, 2.45) is 0 Å². The van der Waals surface area contributed by atoms with Crippen LogP contribution in [-0.4, -0.2) is 28.0 Å². The van der Waals surface area contributed by atoms with Gasteiger partial charge in [0.05, 0.1) is 36.5 Å². The standard InChI is InChI=1S/C45H38N4O4/c1-28(50)30-7-3-11-34(19-30)48(36-13-5-9-32(21-36)44-25-52-44)38-15-17-42-40(23-38)41-24-39(16-18-43(41)47(42)27-46)49(35-12-4-8-31(20-35)29(2)51)37-14-6-10-33(22-37)45-26-53-45/h3-24,28-29,44-45,50-51H,25-26H2,1-2H3. The van der Waals surface area contributed by atoms with Crippen molar-refractivity contribution in [3.05, 3.63) is 156 Å². The minimum Gasteiger partial charge on any atom is -0.389 e. The molecular formula is C45H38N4O4. The third kappa shape index (κ3) is 6.20. The maximum absolute atomic E-state index is 10.5. The first-order valence-electron chi connectivity index (χ1n) is 17.9. The van der Waals surface area contributed by atoms with E-state index in [-0.39, 0.29) is 12.2 Å². The molecule has 262 valence electrons. The SMILES string of the molecule is CC(O)c1cccc(N(c2cccc(C3CO3)c2)c2ccc3c(c2)c2cc(N(c4cccc(C(C)O)c4)c4cccc(C5CO5)c4)ccc2n3C#N)c1. The van der Waals surface area contributed by atoms with Crippen LogP contribution in [0.5, 0.6) is 0 Å². The lowest BCUT2D eigenvalue weighted by Gasteiger charge is -2.27. The second-order valence-corrected chi connectivity index (χ2v) is 13.9. The number of epoxide rings is 2. The van der Waals surface area contributed by atoms with Crippen molar-refractivity contribution < 1.29 is 19.7 Å². The van der Waals surface area contributed by atoms with Crippen molar-refractivity contribution in [3.63, 3.8) is 0 Å². The fraction of sp³-hybridized carbons (Fsp3) is 0.178. The molecule has 53 heavy (non-hydrogen) atoms. The van der Waals surface area contributed by atoms with E-state index in [1.165, 1.54) is 0 Å². The minimum atomic E-state index is -0.626. The number of hydrogen-bond donors (Lipinski definition) is 2. The van der Waals surface area contributed by atoms with Gasteiger partial charge in [0.25, 0.3) is 0 Å². The van der Waals surface area contributed by atoms with Gasteiger partial charge in [-0.2, -0.15) is 5.26 Å². The molecule has 6 aromatic carbocycles. The van der Waals surface area contributed by atoms with Crippen LogP contribution < -0.4 is 9.80 Å². The molecule has 0 saturated carbocycles. The molecular weight excluding hydrogens is 661 g/mol. The van der Waals surface area contributed by atoms with E-state index in [0.29, 0.717) is 13.2 Å². The molecule has 0 spiro atoms. The van der Waals surface area contributed by atoms with E-state index >= 15 is 0 Å². The summed E-state index contributed by atoms with van der Waals surface area (Å²) in [5.74, 6) is 0. The van der Waals surface area contributed by atoms with Crippen LogP contribution in [0, 0.1) is 11.5 Å². The van der Waals surface area contributed by atoms with Crippen LogP contribution in [0.4, 0.5) is 34.1 Å². The Labute approximate surface area is 307 Å². The minimum absolute atomic E-state index is 0.0943. The van der Waals surface area contributed by atoms with Crippen LogP contribution in [0.2, 0.25) is 0 Å². The Morgan fingerprint density at radius 2 is 0.943 bits per heavy atom. The Hall–Kier alpha value is -5.95. The summed E-state index contributed by atoms with van der Waals surface area (Å²) < 4.78 is 13.0. The molecule has 8 nitrogen and oxygen atoms in total. The summed E-state index contributed by atoms with van der Waals surface area (Å²) in [4.78, 5) is 4.38. The Bertz CT molecular complexity index is 2280. The van der Waals surface area contributed by atoms with E-state index in [1.807, 2.05) is 72.8 Å². The zero-order chi connectivity index (χ0) is 36.2. The molecule has 0 bridgehead atoms. The predicted octanol–water partition coefficient (Wildman–Crippen LogP) is 10.3. The van der Waals surface area contributed by atoms with Gasteiger partial charge in [0.15, 0.2) is 6.19 Å². The molecule has 2 fully saturated rings. The fourth-order valence-electron chi connectivity index (χ4n) is 7.34. The van der Waals surface area contributed by atoms with Gasteiger partial charge in [0.1, 0.15) is 12.2 Å². The molecule has 9 rings (SSSR count). The Balaban J connectivity index is 1.24. The molecule has 2 aliphatic rings. The van der Waals surface area contributed by atoms with Crippen molar-refractivity contribution in [1.82, 2.24) is 4.57 Å². The summed E-state index contributed by atoms with van der Waals surface area (Å²) in [5, 5.41) is 33.3. The van der Waals surface area contributed by atoms with Crippen LogP contribution in [-0.2, 0) is 9.47 Å². The van der Waals surface area contributed by atoms with Crippen molar-refractivity contribution in [3.8, 4) is 6.19 Å². The number of nitrogens with zero attached hydrogens (tertiary/aromatic N) is 4. The van der Waals surface area contributed by atoms with Gasteiger partial charge in [-0.1, -0.05) is 48.5 Å². The molecule has 8 heteroatoms. The van der Waals surface area contributed by atoms with Crippen LogP contribution >= 0.6 is 0 Å². The van der Waals surface area contributed by atoms with Crippen molar-refractivity contribution in [2.75, 3.05) is 23.0 Å². The molecule has 2 aliphatic heterocycles. The maximum atomic E-state index is 10.5. The molecule has 2 N–H and O–H groups in total. The van der Waals surface area contributed by atoms with Crippen molar-refractivity contribution >= 4 is 55.9 Å². The van der Waals surface area contributed by atoms with Crippen LogP contribution in [0.15, 0.2) is 133 Å². The fourth-order valence-corrected chi connectivity index (χ4v) is 7.34. The molecule has 2 saturated heterocycles. The lowest BCUT2D eigenvalue weighted by molar-refractivity contribution is 0.199. The molecule has 0 radical (unpaired) electrons. The molecule has 1 aromatic heterocycles. The van der Waals surface area contributed by atoms with Gasteiger partial charge in [-0.25, -0.2) is 4.57 Å². The molecule has 0 amide bonds. The summed E-state index contributed by atoms with van der Waals surface area (Å²) in [6, 6.07) is 45.1. The number of fused-ring (bicyclic) bond motifs is 3.